The monoisotopic (exact) mass is 554 g/mol. The molecule has 0 spiro atoms. The van der Waals surface area contributed by atoms with Crippen LogP contribution < -0.4 is 5.43 Å². The molecule has 1 aliphatic heterocycles. The van der Waals surface area contributed by atoms with Crippen molar-refractivity contribution >= 4 is 11.7 Å². The van der Waals surface area contributed by atoms with Crippen LogP contribution in [0.2, 0.25) is 0 Å². The average molecular weight is 555 g/mol. The fraction of sp³-hybridized carbons (Fsp3) is 0.882. The fourth-order valence-electron chi connectivity index (χ4n) is 11.3. The molecule has 9 atom stereocenters. The van der Waals surface area contributed by atoms with Crippen molar-refractivity contribution in [3.05, 3.63) is 11.6 Å². The summed E-state index contributed by atoms with van der Waals surface area (Å²) >= 11 is 0. The average Bonchev–Trinajstić information content (AvgIpc) is 2.89. The van der Waals surface area contributed by atoms with Gasteiger partial charge in [0.15, 0.2) is 5.78 Å². The lowest BCUT2D eigenvalue weighted by atomic mass is 9.33. The van der Waals surface area contributed by atoms with Gasteiger partial charge in [-0.2, -0.15) is 0 Å². The quantitative estimate of drug-likeness (QED) is 0.458. The molecule has 6 heteroatoms. The molecule has 6 aliphatic rings. The van der Waals surface area contributed by atoms with Crippen molar-refractivity contribution in [2.24, 2.45) is 50.2 Å². The van der Waals surface area contributed by atoms with Crippen molar-refractivity contribution < 1.29 is 19.4 Å². The number of hydrazine groups is 1. The number of ketones is 1. The number of amides is 1. The Bertz CT molecular complexity index is 1110. The van der Waals surface area contributed by atoms with Gasteiger partial charge in [0.2, 0.25) is 5.91 Å². The van der Waals surface area contributed by atoms with Crippen LogP contribution >= 0.6 is 0 Å². The maximum Gasteiger partial charge on any atom is 0.240 e. The Morgan fingerprint density at radius 1 is 0.950 bits per heavy atom. The van der Waals surface area contributed by atoms with Crippen molar-refractivity contribution in [2.45, 2.75) is 112 Å². The number of nitrogens with zero attached hydrogens (tertiary/aromatic N) is 1. The molecule has 0 unspecified atom stereocenters. The molecule has 0 bridgehead atoms. The highest BCUT2D eigenvalue weighted by molar-refractivity contribution is 5.95. The first-order chi connectivity index (χ1) is 18.6. The van der Waals surface area contributed by atoms with Crippen LogP contribution in [0, 0.1) is 50.2 Å². The van der Waals surface area contributed by atoms with E-state index < -0.39 is 5.41 Å². The molecule has 1 heterocycles. The molecule has 5 aliphatic carbocycles. The van der Waals surface area contributed by atoms with Crippen LogP contribution in [-0.4, -0.2) is 54.2 Å². The number of aliphatic hydroxyl groups is 1. The summed E-state index contributed by atoms with van der Waals surface area (Å²) in [6, 6.07) is 0. The molecular weight excluding hydrogens is 500 g/mol. The number of carbonyl (C=O) groups excluding carboxylic acids is 2. The number of fused-ring (bicyclic) bond motifs is 7. The summed E-state index contributed by atoms with van der Waals surface area (Å²) in [5.74, 6) is 1.04. The molecule has 4 saturated carbocycles. The van der Waals surface area contributed by atoms with Gasteiger partial charge in [0.25, 0.3) is 0 Å². The molecule has 6 nitrogen and oxygen atoms in total. The first kappa shape index (κ1) is 28.9. The third-order valence-corrected chi connectivity index (χ3v) is 14.4. The van der Waals surface area contributed by atoms with Gasteiger partial charge in [0, 0.05) is 24.4 Å². The molecule has 224 valence electrons. The third-order valence-electron chi connectivity index (χ3n) is 14.4. The third kappa shape index (κ3) is 3.83. The second-order valence-corrected chi connectivity index (χ2v) is 16.7. The summed E-state index contributed by atoms with van der Waals surface area (Å²) in [5, 5.41) is 13.0. The van der Waals surface area contributed by atoms with Gasteiger partial charge in [-0.1, -0.05) is 54.0 Å². The Labute approximate surface area is 242 Å². The second kappa shape index (κ2) is 9.13. The maximum absolute atomic E-state index is 14.5. The number of nitrogens with one attached hydrogen (secondary N) is 1. The standard InChI is InChI=1S/C34H54N2O4/c1-29(2)25-8-11-34(7)27(32(25,5)10-9-26(29)38)24(37)20-22-23-21-31(4,28(39)35-36-16-18-40-19-17-36)13-12-30(23,3)14-15-33(22,34)6/h20,23,25-27,38H,8-19,21H2,1-7H3,(H,35,39)/t23-,25-,26-,27+,30+,31-,32-,33+,34+/m0/s1. The van der Waals surface area contributed by atoms with Crippen molar-refractivity contribution in [3.8, 4) is 0 Å². The van der Waals surface area contributed by atoms with Crippen molar-refractivity contribution in [1.82, 2.24) is 10.4 Å². The zero-order valence-electron chi connectivity index (χ0n) is 26.2. The van der Waals surface area contributed by atoms with Crippen LogP contribution in [0.25, 0.3) is 0 Å². The van der Waals surface area contributed by atoms with Crippen LogP contribution in [0.5, 0.6) is 0 Å². The number of hydrogen-bond donors (Lipinski definition) is 2. The number of hydrogen-bond acceptors (Lipinski definition) is 5. The summed E-state index contributed by atoms with van der Waals surface area (Å²) in [5.41, 5.74) is 3.83. The molecule has 2 N–H and O–H groups in total. The zero-order chi connectivity index (χ0) is 28.9. The van der Waals surface area contributed by atoms with Crippen LogP contribution in [0.3, 0.4) is 0 Å². The predicted molar refractivity (Wildman–Crippen MR) is 156 cm³/mol. The molecule has 1 saturated heterocycles. The molecule has 0 aromatic carbocycles. The molecule has 0 radical (unpaired) electrons. The number of allylic oxidation sites excluding steroid dienone is 2. The molecule has 1 amide bonds. The maximum atomic E-state index is 14.5. The minimum Gasteiger partial charge on any atom is -0.393 e. The van der Waals surface area contributed by atoms with Crippen LogP contribution in [-0.2, 0) is 14.3 Å². The van der Waals surface area contributed by atoms with E-state index in [1.165, 1.54) is 5.57 Å². The number of ether oxygens (including phenoxy) is 1. The Balaban J connectivity index is 1.35. The Morgan fingerprint density at radius 2 is 1.62 bits per heavy atom. The summed E-state index contributed by atoms with van der Waals surface area (Å²) in [6.07, 6.45) is 10.6. The number of rotatable bonds is 2. The number of morpholine rings is 1. The highest BCUT2D eigenvalue weighted by Gasteiger charge is 2.70. The van der Waals surface area contributed by atoms with Gasteiger partial charge in [0.1, 0.15) is 0 Å². The van der Waals surface area contributed by atoms with E-state index in [1.54, 1.807) is 0 Å². The first-order valence-electron chi connectivity index (χ1n) is 16.2. The van der Waals surface area contributed by atoms with E-state index >= 15 is 0 Å². The number of aliphatic hydroxyl groups excluding tert-OH is 1. The minimum absolute atomic E-state index is 0.0109. The van der Waals surface area contributed by atoms with Gasteiger partial charge in [-0.25, -0.2) is 5.01 Å². The lowest BCUT2D eigenvalue weighted by Crippen LogP contribution is -2.66. The van der Waals surface area contributed by atoms with E-state index in [0.29, 0.717) is 24.9 Å². The lowest BCUT2D eigenvalue weighted by molar-refractivity contribution is -0.202. The smallest absolute Gasteiger partial charge is 0.240 e. The van der Waals surface area contributed by atoms with E-state index in [1.807, 2.05) is 5.01 Å². The topological polar surface area (TPSA) is 78.9 Å². The molecule has 5 fully saturated rings. The highest BCUT2D eigenvalue weighted by atomic mass is 16.5. The van der Waals surface area contributed by atoms with Crippen molar-refractivity contribution in [1.29, 1.82) is 0 Å². The largest absolute Gasteiger partial charge is 0.393 e. The van der Waals surface area contributed by atoms with Gasteiger partial charge in [0.05, 0.1) is 19.3 Å². The summed E-state index contributed by atoms with van der Waals surface area (Å²) in [7, 11) is 0. The fourth-order valence-corrected chi connectivity index (χ4v) is 11.3. The zero-order valence-corrected chi connectivity index (χ0v) is 26.2. The predicted octanol–water partition coefficient (Wildman–Crippen LogP) is 5.69. The van der Waals surface area contributed by atoms with E-state index in [4.69, 9.17) is 4.74 Å². The van der Waals surface area contributed by atoms with Gasteiger partial charge in [-0.15, -0.1) is 0 Å². The number of carbonyl (C=O) groups is 2. The van der Waals surface area contributed by atoms with Gasteiger partial charge >= 0.3 is 0 Å². The van der Waals surface area contributed by atoms with Crippen LogP contribution in [0.4, 0.5) is 0 Å². The molecule has 0 aromatic heterocycles. The van der Waals surface area contributed by atoms with Crippen LogP contribution in [0.1, 0.15) is 106 Å². The van der Waals surface area contributed by atoms with Gasteiger partial charge < -0.3 is 9.84 Å². The van der Waals surface area contributed by atoms with E-state index in [2.05, 4.69) is 60.0 Å². The van der Waals surface area contributed by atoms with E-state index in [0.717, 1.165) is 70.9 Å². The van der Waals surface area contributed by atoms with Gasteiger partial charge in [-0.05, 0) is 103 Å². The molecule has 40 heavy (non-hydrogen) atoms. The summed E-state index contributed by atoms with van der Waals surface area (Å²) in [6.45, 7) is 19.1. The van der Waals surface area contributed by atoms with Crippen LogP contribution in [0.15, 0.2) is 11.6 Å². The summed E-state index contributed by atoms with van der Waals surface area (Å²) < 4.78 is 5.48. The Morgan fingerprint density at radius 3 is 2.33 bits per heavy atom. The second-order valence-electron chi connectivity index (χ2n) is 16.7. The molecular formula is C34H54N2O4. The van der Waals surface area contributed by atoms with Crippen molar-refractivity contribution in [2.75, 3.05) is 26.3 Å². The highest BCUT2D eigenvalue weighted by Crippen LogP contribution is 2.75. The van der Waals surface area contributed by atoms with Crippen molar-refractivity contribution in [3.63, 3.8) is 0 Å². The Hall–Kier alpha value is -1.24. The Kier molecular flexibility index (Phi) is 6.59. The lowest BCUT2D eigenvalue weighted by Gasteiger charge is -2.70. The minimum atomic E-state index is -0.449. The van der Waals surface area contributed by atoms with E-state index in [-0.39, 0.29) is 50.9 Å². The first-order valence-corrected chi connectivity index (χ1v) is 16.2. The SMILES string of the molecule is CC1(C)[C@@H](O)CC[C@]2(C)[C@H]3C(=O)C=C4[C@@H]5C[C@@](C)(C(=O)NN6CCOCC6)CC[C@]5(C)CC[C@@]4(C)[C@]3(C)CC[C@@H]12. The molecule has 6 rings (SSSR count). The summed E-state index contributed by atoms with van der Waals surface area (Å²) in [4.78, 5) is 28.2. The normalized spacial score (nSPS) is 50.5. The van der Waals surface area contributed by atoms with Gasteiger partial charge in [-0.3, -0.25) is 15.0 Å². The van der Waals surface area contributed by atoms with E-state index in [9.17, 15) is 14.7 Å². The molecule has 0 aromatic rings.